The van der Waals surface area contributed by atoms with Gasteiger partial charge < -0.3 is 35.8 Å². The Labute approximate surface area is 236 Å². The quantitative estimate of drug-likeness (QED) is 0.376. The summed E-state index contributed by atoms with van der Waals surface area (Å²) in [6.45, 7) is 4.49. The molecule has 0 saturated heterocycles. The Bertz CT molecular complexity index is 1130. The molecule has 1 aliphatic rings. The van der Waals surface area contributed by atoms with Gasteiger partial charge in [0.25, 0.3) is 0 Å². The molecular formula is C30H42N4O6. The second-order valence-electron chi connectivity index (χ2n) is 10.2. The number of aromatic hydroxyl groups is 1. The molecular weight excluding hydrogens is 512 g/mol. The van der Waals surface area contributed by atoms with Crippen LogP contribution >= 0.6 is 0 Å². The highest BCUT2D eigenvalue weighted by Crippen LogP contribution is 2.20. The SMILES string of the molecule is CCC(C)[C@@H]1NCCOc2ccccc2CCCNC(=O)[C@@H](Cc2ccc(O)cc2)NC(=O)[C@H](CO)N(C)C1=O. The summed E-state index contributed by atoms with van der Waals surface area (Å²) in [6.07, 6.45) is 2.24. The molecule has 0 fully saturated rings. The number of amides is 3. The van der Waals surface area contributed by atoms with Gasteiger partial charge in [-0.15, -0.1) is 0 Å². The number of phenols is 1. The molecule has 0 aliphatic carbocycles. The lowest BCUT2D eigenvalue weighted by atomic mass is 9.97. The predicted octanol–water partition coefficient (Wildman–Crippen LogP) is 1.38. The molecule has 0 radical (unpaired) electrons. The summed E-state index contributed by atoms with van der Waals surface area (Å²) in [7, 11) is 1.49. The molecule has 3 amide bonds. The number of hydrogen-bond donors (Lipinski definition) is 5. The molecule has 40 heavy (non-hydrogen) atoms. The third-order valence-corrected chi connectivity index (χ3v) is 7.40. The Morgan fingerprint density at radius 3 is 2.48 bits per heavy atom. The maximum atomic E-state index is 13.5. The number of aliphatic hydroxyl groups is 1. The van der Waals surface area contributed by atoms with Crippen molar-refractivity contribution >= 4 is 17.7 Å². The smallest absolute Gasteiger partial charge is 0.245 e. The molecule has 2 aromatic carbocycles. The molecule has 4 atom stereocenters. The van der Waals surface area contributed by atoms with Crippen molar-refractivity contribution in [2.24, 2.45) is 5.92 Å². The highest BCUT2D eigenvalue weighted by molar-refractivity contribution is 5.93. The van der Waals surface area contributed by atoms with E-state index in [1.54, 1.807) is 12.1 Å². The van der Waals surface area contributed by atoms with Crippen molar-refractivity contribution in [2.75, 3.05) is 33.4 Å². The Kier molecular flexibility index (Phi) is 11.8. The molecule has 10 heteroatoms. The van der Waals surface area contributed by atoms with Crippen LogP contribution in [0.1, 0.15) is 37.8 Å². The zero-order valence-corrected chi connectivity index (χ0v) is 23.6. The average molecular weight is 555 g/mol. The van der Waals surface area contributed by atoms with E-state index in [2.05, 4.69) is 16.0 Å². The monoisotopic (exact) mass is 554 g/mol. The number of fused-ring (bicyclic) bond motifs is 1. The fourth-order valence-electron chi connectivity index (χ4n) is 4.71. The number of aliphatic hydroxyl groups excluding tert-OH is 1. The number of hydrogen-bond acceptors (Lipinski definition) is 7. The molecule has 5 N–H and O–H groups in total. The lowest BCUT2D eigenvalue weighted by Crippen LogP contribution is -2.59. The highest BCUT2D eigenvalue weighted by atomic mass is 16.5. The van der Waals surface area contributed by atoms with E-state index in [9.17, 15) is 24.6 Å². The summed E-state index contributed by atoms with van der Waals surface area (Å²) in [5.74, 6) is -0.516. The number of nitrogens with one attached hydrogen (secondary N) is 3. The minimum Gasteiger partial charge on any atom is -0.508 e. The zero-order chi connectivity index (χ0) is 29.1. The van der Waals surface area contributed by atoms with Gasteiger partial charge in [0.15, 0.2) is 0 Å². The molecule has 218 valence electrons. The number of rotatable bonds is 5. The number of phenolic OH excluding ortho intramolecular Hbond substituents is 1. The third kappa shape index (κ3) is 8.43. The Balaban J connectivity index is 1.89. The summed E-state index contributed by atoms with van der Waals surface area (Å²) >= 11 is 0. The maximum Gasteiger partial charge on any atom is 0.245 e. The number of benzene rings is 2. The van der Waals surface area contributed by atoms with Gasteiger partial charge in [-0.3, -0.25) is 14.4 Å². The van der Waals surface area contributed by atoms with E-state index in [0.29, 0.717) is 32.5 Å². The van der Waals surface area contributed by atoms with Gasteiger partial charge in [-0.1, -0.05) is 50.6 Å². The van der Waals surface area contributed by atoms with Gasteiger partial charge in [-0.25, -0.2) is 0 Å². The predicted molar refractivity (Wildman–Crippen MR) is 152 cm³/mol. The number of ether oxygens (including phenoxy) is 1. The molecule has 0 aromatic heterocycles. The molecule has 1 aliphatic heterocycles. The van der Waals surface area contributed by atoms with Crippen LogP contribution in [0.15, 0.2) is 48.5 Å². The number of carbonyl (C=O) groups is 3. The second kappa shape index (κ2) is 15.2. The lowest BCUT2D eigenvalue weighted by Gasteiger charge is -2.33. The Hall–Kier alpha value is -3.63. The molecule has 1 unspecified atom stereocenters. The molecule has 2 aromatic rings. The van der Waals surface area contributed by atoms with Crippen molar-refractivity contribution in [2.45, 2.75) is 57.7 Å². The first-order chi connectivity index (χ1) is 19.2. The average Bonchev–Trinajstić information content (AvgIpc) is 2.95. The van der Waals surface area contributed by atoms with Crippen molar-refractivity contribution < 1.29 is 29.3 Å². The normalized spacial score (nSPS) is 22.6. The highest BCUT2D eigenvalue weighted by Gasteiger charge is 2.34. The summed E-state index contributed by atoms with van der Waals surface area (Å²) in [6, 6.07) is 11.4. The Morgan fingerprint density at radius 1 is 1.05 bits per heavy atom. The molecule has 3 rings (SSSR count). The second-order valence-corrected chi connectivity index (χ2v) is 10.2. The van der Waals surface area contributed by atoms with Gasteiger partial charge in [0.1, 0.15) is 30.2 Å². The van der Waals surface area contributed by atoms with Crippen molar-refractivity contribution in [3.8, 4) is 11.5 Å². The fourth-order valence-corrected chi connectivity index (χ4v) is 4.71. The first-order valence-corrected chi connectivity index (χ1v) is 13.9. The fraction of sp³-hybridized carbons (Fsp3) is 0.500. The zero-order valence-electron chi connectivity index (χ0n) is 23.6. The van der Waals surface area contributed by atoms with Gasteiger partial charge in [-0.05, 0) is 48.1 Å². The molecule has 0 bridgehead atoms. The van der Waals surface area contributed by atoms with E-state index in [0.717, 1.165) is 23.3 Å². The van der Waals surface area contributed by atoms with Crippen LogP contribution in [0.2, 0.25) is 0 Å². The number of para-hydroxylation sites is 1. The van der Waals surface area contributed by atoms with E-state index in [4.69, 9.17) is 4.74 Å². The molecule has 1 heterocycles. The van der Waals surface area contributed by atoms with Crippen molar-refractivity contribution in [1.29, 1.82) is 0 Å². The van der Waals surface area contributed by atoms with Crippen LogP contribution in [-0.2, 0) is 27.2 Å². The minimum absolute atomic E-state index is 0.0386. The van der Waals surface area contributed by atoms with Gasteiger partial charge in [0.05, 0.1) is 12.6 Å². The number of likely N-dealkylation sites (N-methyl/N-ethyl adjacent to an activating group) is 1. The third-order valence-electron chi connectivity index (χ3n) is 7.40. The van der Waals surface area contributed by atoms with Crippen molar-refractivity contribution in [3.63, 3.8) is 0 Å². The largest absolute Gasteiger partial charge is 0.508 e. The van der Waals surface area contributed by atoms with Gasteiger partial charge in [0, 0.05) is 26.6 Å². The molecule has 10 nitrogen and oxygen atoms in total. The topological polar surface area (TPSA) is 140 Å². The number of nitrogens with zero attached hydrogens (tertiary/aromatic N) is 1. The van der Waals surface area contributed by atoms with E-state index >= 15 is 0 Å². The summed E-state index contributed by atoms with van der Waals surface area (Å²) in [4.78, 5) is 41.4. The summed E-state index contributed by atoms with van der Waals surface area (Å²) in [5.41, 5.74) is 1.75. The minimum atomic E-state index is -1.18. The van der Waals surface area contributed by atoms with Crippen molar-refractivity contribution in [1.82, 2.24) is 20.9 Å². The first kappa shape index (κ1) is 30.9. The van der Waals surface area contributed by atoms with Crippen LogP contribution in [0, 0.1) is 5.92 Å². The van der Waals surface area contributed by atoms with E-state index in [1.807, 2.05) is 38.1 Å². The van der Waals surface area contributed by atoms with Crippen LogP contribution in [0.4, 0.5) is 0 Å². The van der Waals surface area contributed by atoms with Gasteiger partial charge >= 0.3 is 0 Å². The van der Waals surface area contributed by atoms with Crippen LogP contribution in [0.3, 0.4) is 0 Å². The van der Waals surface area contributed by atoms with E-state index < -0.39 is 30.6 Å². The number of aryl methyl sites for hydroxylation is 1. The van der Waals surface area contributed by atoms with E-state index in [1.165, 1.54) is 24.1 Å². The molecule has 0 saturated carbocycles. The summed E-state index contributed by atoms with van der Waals surface area (Å²) in [5, 5.41) is 28.7. The first-order valence-electron chi connectivity index (χ1n) is 13.9. The van der Waals surface area contributed by atoms with Crippen LogP contribution in [0.25, 0.3) is 0 Å². The Morgan fingerprint density at radius 2 is 1.77 bits per heavy atom. The van der Waals surface area contributed by atoms with Crippen LogP contribution in [-0.4, -0.2) is 84.3 Å². The summed E-state index contributed by atoms with van der Waals surface area (Å²) < 4.78 is 6.03. The van der Waals surface area contributed by atoms with Crippen LogP contribution < -0.4 is 20.7 Å². The lowest BCUT2D eigenvalue weighted by molar-refractivity contribution is -0.143. The maximum absolute atomic E-state index is 13.5. The standard InChI is InChI=1S/C30H42N4O6/c1-4-20(2)27-30(39)34(3)25(19-35)29(38)33-24(18-21-11-13-23(36)14-12-21)28(37)32-15-7-9-22-8-5-6-10-26(22)40-17-16-31-27/h5-6,8,10-14,20,24-25,27,31,35-36H,4,7,9,15-19H2,1-3H3,(H,32,37)(H,33,38)/t20?,24-,25+,27+/m1/s1. The number of carbonyl (C=O) groups excluding carboxylic acids is 3. The van der Waals surface area contributed by atoms with Gasteiger partial charge in [-0.2, -0.15) is 0 Å². The van der Waals surface area contributed by atoms with Gasteiger partial charge in [0.2, 0.25) is 17.7 Å². The van der Waals surface area contributed by atoms with Crippen LogP contribution in [0.5, 0.6) is 11.5 Å². The van der Waals surface area contributed by atoms with Crippen molar-refractivity contribution in [3.05, 3.63) is 59.7 Å². The van der Waals surface area contributed by atoms with E-state index in [-0.39, 0.29) is 29.9 Å². The molecule has 0 spiro atoms.